The first-order valence-corrected chi connectivity index (χ1v) is 10.9. The average Bonchev–Trinajstić information content (AvgIpc) is 3.18. The van der Waals surface area contributed by atoms with Crippen LogP contribution in [0.1, 0.15) is 21.6 Å². The molecule has 2 aromatic carbocycles. The predicted molar refractivity (Wildman–Crippen MR) is 123 cm³/mol. The molecule has 0 unspecified atom stereocenters. The Labute approximate surface area is 187 Å². The lowest BCUT2D eigenvalue weighted by Gasteiger charge is -2.25. The van der Waals surface area contributed by atoms with Crippen LogP contribution in [-0.4, -0.2) is 54.1 Å². The number of benzene rings is 2. The molecule has 0 spiro atoms. The Morgan fingerprint density at radius 2 is 1.69 bits per heavy atom. The van der Waals surface area contributed by atoms with Crippen molar-refractivity contribution in [3.05, 3.63) is 83.7 Å². The van der Waals surface area contributed by atoms with Gasteiger partial charge in [0.2, 0.25) is 5.91 Å². The van der Waals surface area contributed by atoms with E-state index in [0.717, 1.165) is 36.6 Å². The van der Waals surface area contributed by atoms with Gasteiger partial charge in [-0.1, -0.05) is 18.2 Å². The SMILES string of the molecule is O=C(CN1CCOCC1)Nc1ccc(C(=O)N2Cc3cccn3Cc3ccccc32)cc1. The van der Waals surface area contributed by atoms with E-state index in [-0.39, 0.29) is 11.8 Å². The van der Waals surface area contributed by atoms with Crippen molar-refractivity contribution < 1.29 is 14.3 Å². The van der Waals surface area contributed by atoms with Crippen LogP contribution in [-0.2, 0) is 22.6 Å². The van der Waals surface area contributed by atoms with Crippen LogP contribution in [0.5, 0.6) is 0 Å². The third kappa shape index (κ3) is 4.30. The molecule has 1 saturated heterocycles. The van der Waals surface area contributed by atoms with Crippen LogP contribution < -0.4 is 10.2 Å². The summed E-state index contributed by atoms with van der Waals surface area (Å²) in [4.78, 5) is 29.7. The Morgan fingerprint density at radius 1 is 0.906 bits per heavy atom. The number of hydrogen-bond donors (Lipinski definition) is 1. The highest BCUT2D eigenvalue weighted by molar-refractivity contribution is 6.07. The molecule has 3 heterocycles. The second kappa shape index (κ2) is 8.98. The van der Waals surface area contributed by atoms with Crippen LogP contribution in [0, 0.1) is 0 Å². The van der Waals surface area contributed by atoms with E-state index in [4.69, 9.17) is 4.74 Å². The van der Waals surface area contributed by atoms with Crippen LogP contribution in [0.15, 0.2) is 66.9 Å². The minimum absolute atomic E-state index is 0.0571. The molecular weight excluding hydrogens is 404 g/mol. The molecule has 2 amide bonds. The summed E-state index contributed by atoms with van der Waals surface area (Å²) in [5.41, 5.74) is 4.42. The number of nitrogens with one attached hydrogen (secondary N) is 1. The molecule has 0 aliphatic carbocycles. The van der Waals surface area contributed by atoms with E-state index >= 15 is 0 Å². The maximum atomic E-state index is 13.5. The van der Waals surface area contributed by atoms with E-state index < -0.39 is 0 Å². The standard InChI is InChI=1S/C25H26N4O3/c30-24(18-27-12-14-32-15-13-27)26-21-9-7-19(8-10-21)25(31)29-17-22-5-3-11-28(22)16-20-4-1-2-6-23(20)29/h1-11H,12-18H2,(H,26,30). The number of fused-ring (bicyclic) bond motifs is 2. The molecule has 1 N–H and O–H groups in total. The van der Waals surface area contributed by atoms with Gasteiger partial charge in [0, 0.05) is 48.5 Å². The van der Waals surface area contributed by atoms with Gasteiger partial charge in [-0.15, -0.1) is 0 Å². The van der Waals surface area contributed by atoms with Crippen LogP contribution in [0.25, 0.3) is 0 Å². The predicted octanol–water partition coefficient (Wildman–Crippen LogP) is 2.97. The number of hydrogen-bond acceptors (Lipinski definition) is 4. The minimum Gasteiger partial charge on any atom is -0.379 e. The third-order valence-corrected chi connectivity index (χ3v) is 6.00. The maximum absolute atomic E-state index is 13.5. The highest BCUT2D eigenvalue weighted by atomic mass is 16.5. The molecule has 7 nitrogen and oxygen atoms in total. The van der Waals surface area contributed by atoms with E-state index in [0.29, 0.717) is 37.6 Å². The number of rotatable bonds is 4. The second-order valence-electron chi connectivity index (χ2n) is 8.16. The monoisotopic (exact) mass is 430 g/mol. The van der Waals surface area contributed by atoms with Crippen molar-refractivity contribution in [1.29, 1.82) is 0 Å². The zero-order chi connectivity index (χ0) is 21.9. The fourth-order valence-corrected chi connectivity index (χ4v) is 4.28. The van der Waals surface area contributed by atoms with Gasteiger partial charge in [-0.2, -0.15) is 0 Å². The van der Waals surface area contributed by atoms with Gasteiger partial charge in [0.1, 0.15) is 0 Å². The summed E-state index contributed by atoms with van der Waals surface area (Å²) >= 11 is 0. The molecule has 164 valence electrons. The van der Waals surface area contributed by atoms with E-state index in [2.05, 4.69) is 33.1 Å². The van der Waals surface area contributed by atoms with Gasteiger partial charge in [0.05, 0.1) is 26.3 Å². The first-order valence-electron chi connectivity index (χ1n) is 10.9. The first kappa shape index (κ1) is 20.5. The summed E-state index contributed by atoms with van der Waals surface area (Å²) in [6.07, 6.45) is 2.05. The molecule has 1 fully saturated rings. The minimum atomic E-state index is -0.0619. The second-order valence-corrected chi connectivity index (χ2v) is 8.16. The average molecular weight is 431 g/mol. The van der Waals surface area contributed by atoms with Crippen molar-refractivity contribution in [3.8, 4) is 0 Å². The van der Waals surface area contributed by atoms with Gasteiger partial charge >= 0.3 is 0 Å². The Balaban J connectivity index is 1.31. The molecule has 0 atom stereocenters. The maximum Gasteiger partial charge on any atom is 0.258 e. The number of anilines is 2. The number of aromatic nitrogens is 1. The van der Waals surface area contributed by atoms with Gasteiger partial charge in [-0.25, -0.2) is 0 Å². The quantitative estimate of drug-likeness (QED) is 0.691. The molecule has 1 aromatic heterocycles. The highest BCUT2D eigenvalue weighted by Gasteiger charge is 2.24. The van der Waals surface area contributed by atoms with Crippen LogP contribution >= 0.6 is 0 Å². The number of nitrogens with zero attached hydrogens (tertiary/aromatic N) is 3. The largest absolute Gasteiger partial charge is 0.379 e. The van der Waals surface area contributed by atoms with Gasteiger partial charge in [-0.05, 0) is 48.0 Å². The van der Waals surface area contributed by atoms with Crippen molar-refractivity contribution in [2.24, 2.45) is 0 Å². The van der Waals surface area contributed by atoms with Crippen molar-refractivity contribution >= 4 is 23.2 Å². The molecule has 2 aliphatic rings. The van der Waals surface area contributed by atoms with E-state index in [1.54, 1.807) is 24.3 Å². The van der Waals surface area contributed by atoms with E-state index in [1.165, 1.54) is 0 Å². The van der Waals surface area contributed by atoms with Gasteiger partial charge in [-0.3, -0.25) is 14.5 Å². The van der Waals surface area contributed by atoms with Crippen molar-refractivity contribution in [3.63, 3.8) is 0 Å². The molecule has 0 saturated carbocycles. The summed E-state index contributed by atoms with van der Waals surface area (Å²) in [5.74, 6) is -0.119. The molecule has 2 aliphatic heterocycles. The summed E-state index contributed by atoms with van der Waals surface area (Å²) in [7, 11) is 0. The van der Waals surface area contributed by atoms with Crippen LogP contribution in [0.4, 0.5) is 11.4 Å². The molecule has 3 aromatic rings. The lowest BCUT2D eigenvalue weighted by molar-refractivity contribution is -0.118. The number of ether oxygens (including phenoxy) is 1. The first-order chi connectivity index (χ1) is 15.7. The molecule has 32 heavy (non-hydrogen) atoms. The highest BCUT2D eigenvalue weighted by Crippen LogP contribution is 2.29. The molecule has 0 bridgehead atoms. The smallest absolute Gasteiger partial charge is 0.258 e. The topological polar surface area (TPSA) is 66.8 Å². The molecule has 0 radical (unpaired) electrons. The molecule has 5 rings (SSSR count). The number of carbonyl (C=O) groups excluding carboxylic acids is 2. The number of amides is 2. The zero-order valence-electron chi connectivity index (χ0n) is 17.9. The third-order valence-electron chi connectivity index (χ3n) is 6.00. The van der Waals surface area contributed by atoms with E-state index in [9.17, 15) is 9.59 Å². The Kier molecular flexibility index (Phi) is 5.75. The molecular formula is C25H26N4O3. The Morgan fingerprint density at radius 3 is 2.50 bits per heavy atom. The number of morpholine rings is 1. The van der Waals surface area contributed by atoms with Gasteiger partial charge in [0.25, 0.3) is 5.91 Å². The fraction of sp³-hybridized carbons (Fsp3) is 0.280. The van der Waals surface area contributed by atoms with Gasteiger partial charge < -0.3 is 19.5 Å². The number of para-hydroxylation sites is 1. The van der Waals surface area contributed by atoms with Gasteiger partial charge in [0.15, 0.2) is 0 Å². The van der Waals surface area contributed by atoms with E-state index in [1.807, 2.05) is 29.2 Å². The summed E-state index contributed by atoms with van der Waals surface area (Å²) in [6, 6.07) is 19.2. The molecule has 7 heteroatoms. The fourth-order valence-electron chi connectivity index (χ4n) is 4.28. The van der Waals surface area contributed by atoms with Crippen molar-refractivity contribution in [2.45, 2.75) is 13.1 Å². The lowest BCUT2D eigenvalue weighted by Crippen LogP contribution is -2.41. The van der Waals surface area contributed by atoms with Crippen molar-refractivity contribution in [1.82, 2.24) is 9.47 Å². The summed E-state index contributed by atoms with van der Waals surface area (Å²) in [6.45, 7) is 4.46. The van der Waals surface area contributed by atoms with Crippen LogP contribution in [0.2, 0.25) is 0 Å². The zero-order valence-corrected chi connectivity index (χ0v) is 17.9. The normalized spacial score (nSPS) is 16.1. The van der Waals surface area contributed by atoms with Crippen LogP contribution in [0.3, 0.4) is 0 Å². The summed E-state index contributed by atoms with van der Waals surface area (Å²) in [5, 5.41) is 2.92. The Hall–Kier alpha value is -3.42. The van der Waals surface area contributed by atoms with Crippen molar-refractivity contribution in [2.75, 3.05) is 43.1 Å². The Bertz CT molecular complexity index is 1120. The summed E-state index contributed by atoms with van der Waals surface area (Å²) < 4.78 is 7.50. The number of carbonyl (C=O) groups is 2. The lowest BCUT2D eigenvalue weighted by atomic mass is 10.1.